The van der Waals surface area contributed by atoms with Crippen LogP contribution in [0.4, 0.5) is 4.79 Å². The average Bonchev–Trinajstić information content (AvgIpc) is 2.34. The molecule has 1 heterocycles. The zero-order valence-electron chi connectivity index (χ0n) is 10.8. The molecule has 1 fully saturated rings. The predicted octanol–water partition coefficient (Wildman–Crippen LogP) is -0.739. The molecule has 0 bridgehead atoms. The number of hydrogen-bond donors (Lipinski definition) is 3. The largest absolute Gasteiger partial charge is 0.481 e. The number of piperazine rings is 1. The molecule has 2 amide bonds. The van der Waals surface area contributed by atoms with Crippen LogP contribution in [0.5, 0.6) is 0 Å². The van der Waals surface area contributed by atoms with E-state index in [2.05, 4.69) is 10.2 Å². The van der Waals surface area contributed by atoms with Crippen LogP contribution in [-0.2, 0) is 9.59 Å². The Balaban J connectivity index is 2.46. The number of aliphatic carboxylic acids is 2. The van der Waals surface area contributed by atoms with E-state index in [0.717, 1.165) is 13.1 Å². The summed E-state index contributed by atoms with van der Waals surface area (Å²) in [6.07, 6.45) is -0.413. The Morgan fingerprint density at radius 2 is 1.74 bits per heavy atom. The summed E-state index contributed by atoms with van der Waals surface area (Å²) in [6, 6.07) is -1.62. The number of carboxylic acids is 2. The first kappa shape index (κ1) is 15.2. The summed E-state index contributed by atoms with van der Waals surface area (Å²) in [6.45, 7) is 2.54. The Kier molecular flexibility index (Phi) is 5.56. The van der Waals surface area contributed by atoms with Crippen LogP contribution >= 0.6 is 0 Å². The minimum atomic E-state index is -1.22. The van der Waals surface area contributed by atoms with Gasteiger partial charge < -0.3 is 25.3 Å². The Labute approximate surface area is 111 Å². The number of amides is 2. The highest BCUT2D eigenvalue weighted by molar-refractivity contribution is 5.83. The van der Waals surface area contributed by atoms with E-state index >= 15 is 0 Å². The van der Waals surface area contributed by atoms with E-state index in [9.17, 15) is 14.4 Å². The van der Waals surface area contributed by atoms with Gasteiger partial charge in [0.2, 0.25) is 0 Å². The summed E-state index contributed by atoms with van der Waals surface area (Å²) >= 11 is 0. The first-order chi connectivity index (χ1) is 8.90. The Hall–Kier alpha value is -1.83. The molecule has 8 heteroatoms. The Morgan fingerprint density at radius 3 is 2.21 bits per heavy atom. The molecule has 3 N–H and O–H groups in total. The molecule has 0 radical (unpaired) electrons. The standard InChI is InChI=1S/C11H19N3O5/c1-13-4-6-14(7-5-13)11(19)12-8(10(17)18)2-3-9(15)16/h8H,2-7H2,1H3,(H,12,19)(H,15,16)(H,17,18)/t8-/m0/s1. The van der Waals surface area contributed by atoms with Crippen molar-refractivity contribution in [1.82, 2.24) is 15.1 Å². The highest BCUT2D eigenvalue weighted by atomic mass is 16.4. The van der Waals surface area contributed by atoms with E-state index in [4.69, 9.17) is 10.2 Å². The number of likely N-dealkylation sites (N-methyl/N-ethyl adjacent to an activating group) is 1. The average molecular weight is 273 g/mol. The van der Waals surface area contributed by atoms with Gasteiger partial charge in [-0.1, -0.05) is 0 Å². The van der Waals surface area contributed by atoms with Crippen LogP contribution in [0.25, 0.3) is 0 Å². The van der Waals surface area contributed by atoms with Gasteiger partial charge in [0.05, 0.1) is 0 Å². The van der Waals surface area contributed by atoms with E-state index in [1.165, 1.54) is 4.90 Å². The fourth-order valence-electron chi connectivity index (χ4n) is 1.78. The topological polar surface area (TPSA) is 110 Å². The maximum absolute atomic E-state index is 11.8. The lowest BCUT2D eigenvalue weighted by atomic mass is 10.1. The molecule has 0 aromatic heterocycles. The maximum Gasteiger partial charge on any atom is 0.326 e. The van der Waals surface area contributed by atoms with E-state index in [0.29, 0.717) is 13.1 Å². The third-order valence-electron chi connectivity index (χ3n) is 3.03. The van der Waals surface area contributed by atoms with Crippen LogP contribution in [0.3, 0.4) is 0 Å². The molecule has 1 saturated heterocycles. The first-order valence-electron chi connectivity index (χ1n) is 6.08. The molecule has 0 aliphatic carbocycles. The van der Waals surface area contributed by atoms with Gasteiger partial charge in [0.1, 0.15) is 6.04 Å². The van der Waals surface area contributed by atoms with Crippen LogP contribution in [-0.4, -0.2) is 77.3 Å². The van der Waals surface area contributed by atoms with E-state index < -0.39 is 24.0 Å². The second-order valence-corrected chi connectivity index (χ2v) is 4.56. The number of rotatable bonds is 5. The molecule has 1 atom stereocenters. The number of carbonyl (C=O) groups is 3. The van der Waals surface area contributed by atoms with E-state index in [-0.39, 0.29) is 12.8 Å². The lowest BCUT2D eigenvalue weighted by molar-refractivity contribution is -0.140. The first-order valence-corrected chi connectivity index (χ1v) is 6.08. The summed E-state index contributed by atoms with van der Waals surface area (Å²) in [7, 11) is 1.95. The summed E-state index contributed by atoms with van der Waals surface area (Å²) in [5, 5.41) is 19.8. The fraction of sp³-hybridized carbons (Fsp3) is 0.727. The maximum atomic E-state index is 11.8. The van der Waals surface area contributed by atoms with Crippen molar-refractivity contribution in [3.8, 4) is 0 Å². The van der Waals surface area contributed by atoms with Crippen molar-refractivity contribution in [2.24, 2.45) is 0 Å². The molecular formula is C11H19N3O5. The molecule has 19 heavy (non-hydrogen) atoms. The second kappa shape index (κ2) is 6.93. The second-order valence-electron chi connectivity index (χ2n) is 4.56. The number of nitrogens with one attached hydrogen (secondary N) is 1. The molecule has 1 aliphatic heterocycles. The van der Waals surface area contributed by atoms with E-state index in [1.807, 2.05) is 7.05 Å². The number of nitrogens with zero attached hydrogens (tertiary/aromatic N) is 2. The Morgan fingerprint density at radius 1 is 1.16 bits per heavy atom. The number of urea groups is 1. The minimum absolute atomic E-state index is 0.121. The molecule has 0 spiro atoms. The molecular weight excluding hydrogens is 254 g/mol. The van der Waals surface area contributed by atoms with Crippen LogP contribution in [0.15, 0.2) is 0 Å². The molecule has 1 rings (SSSR count). The Bertz CT molecular complexity index is 352. The number of hydrogen-bond acceptors (Lipinski definition) is 4. The summed E-state index contributed by atoms with van der Waals surface area (Å²) in [4.78, 5) is 36.8. The zero-order chi connectivity index (χ0) is 14.4. The summed E-state index contributed by atoms with van der Waals surface area (Å²) in [5.74, 6) is -2.30. The predicted molar refractivity (Wildman–Crippen MR) is 65.9 cm³/mol. The van der Waals surface area contributed by atoms with Gasteiger partial charge in [0.25, 0.3) is 0 Å². The number of carboxylic acid groups (broad SMARTS) is 2. The molecule has 1 aliphatic rings. The third-order valence-corrected chi connectivity index (χ3v) is 3.03. The van der Waals surface area contributed by atoms with Gasteiger partial charge in [-0.15, -0.1) is 0 Å². The summed E-state index contributed by atoms with van der Waals surface area (Å²) in [5.41, 5.74) is 0. The minimum Gasteiger partial charge on any atom is -0.481 e. The van der Waals surface area contributed by atoms with E-state index in [1.54, 1.807) is 0 Å². The van der Waals surface area contributed by atoms with Crippen LogP contribution in [0.1, 0.15) is 12.8 Å². The number of carbonyl (C=O) groups excluding carboxylic acids is 1. The van der Waals surface area contributed by atoms with Crippen LogP contribution in [0.2, 0.25) is 0 Å². The third kappa shape index (κ3) is 5.12. The molecule has 8 nitrogen and oxygen atoms in total. The smallest absolute Gasteiger partial charge is 0.326 e. The van der Waals surface area contributed by atoms with Gasteiger partial charge in [-0.05, 0) is 13.5 Å². The fourth-order valence-corrected chi connectivity index (χ4v) is 1.78. The monoisotopic (exact) mass is 273 g/mol. The highest BCUT2D eigenvalue weighted by Crippen LogP contribution is 2.03. The van der Waals surface area contributed by atoms with Gasteiger partial charge in [-0.3, -0.25) is 4.79 Å². The SMILES string of the molecule is CN1CCN(C(=O)N[C@@H](CCC(=O)O)C(=O)O)CC1. The van der Waals surface area contributed by atoms with Crippen molar-refractivity contribution in [3.05, 3.63) is 0 Å². The molecule has 0 unspecified atom stereocenters. The van der Waals surface area contributed by atoms with Crippen molar-refractivity contribution in [3.63, 3.8) is 0 Å². The quantitative estimate of drug-likeness (QED) is 0.608. The lowest BCUT2D eigenvalue weighted by Crippen LogP contribution is -2.54. The lowest BCUT2D eigenvalue weighted by Gasteiger charge is -2.33. The molecule has 0 saturated carbocycles. The van der Waals surface area contributed by atoms with Crippen molar-refractivity contribution < 1.29 is 24.6 Å². The zero-order valence-corrected chi connectivity index (χ0v) is 10.8. The van der Waals surface area contributed by atoms with Gasteiger partial charge in [-0.2, -0.15) is 0 Å². The van der Waals surface area contributed by atoms with Crippen LogP contribution in [0, 0.1) is 0 Å². The van der Waals surface area contributed by atoms with Crippen molar-refractivity contribution >= 4 is 18.0 Å². The normalized spacial score (nSPS) is 17.8. The highest BCUT2D eigenvalue weighted by Gasteiger charge is 2.25. The summed E-state index contributed by atoms with van der Waals surface area (Å²) < 4.78 is 0. The van der Waals surface area contributed by atoms with Crippen LogP contribution < -0.4 is 5.32 Å². The molecule has 108 valence electrons. The molecule has 0 aromatic carbocycles. The van der Waals surface area contributed by atoms with Gasteiger partial charge >= 0.3 is 18.0 Å². The molecule has 0 aromatic rings. The van der Waals surface area contributed by atoms with Crippen molar-refractivity contribution in [1.29, 1.82) is 0 Å². The van der Waals surface area contributed by atoms with Crippen molar-refractivity contribution in [2.75, 3.05) is 33.2 Å². The van der Waals surface area contributed by atoms with Gasteiger partial charge in [0.15, 0.2) is 0 Å². The van der Waals surface area contributed by atoms with Gasteiger partial charge in [0, 0.05) is 32.6 Å². The van der Waals surface area contributed by atoms with Crippen molar-refractivity contribution in [2.45, 2.75) is 18.9 Å². The van der Waals surface area contributed by atoms with Gasteiger partial charge in [-0.25, -0.2) is 9.59 Å².